The molecule has 0 saturated heterocycles. The molecule has 0 fully saturated rings. The van der Waals surface area contributed by atoms with E-state index in [2.05, 4.69) is 20.3 Å². The minimum atomic E-state index is -0.154. The van der Waals surface area contributed by atoms with E-state index in [1.54, 1.807) is 6.07 Å². The zero-order valence-corrected chi connectivity index (χ0v) is 9.31. The highest BCUT2D eigenvalue weighted by molar-refractivity contribution is 6.03. The molecule has 0 bridgehead atoms. The number of anilines is 2. The molecule has 1 amide bonds. The molecule has 84 valence electrons. The van der Waals surface area contributed by atoms with Crippen LogP contribution < -0.4 is 10.2 Å². The van der Waals surface area contributed by atoms with Crippen molar-refractivity contribution >= 4 is 28.3 Å². The summed E-state index contributed by atoms with van der Waals surface area (Å²) in [6.07, 6.45) is 0. The number of amides is 1. The Bertz CT molecular complexity index is 533. The largest absolute Gasteiger partial charge is 0.376 e. The number of hydrogen-bond donors (Lipinski definition) is 1. The Labute approximate surface area is 92.2 Å². The third-order valence-corrected chi connectivity index (χ3v) is 2.19. The Morgan fingerprint density at radius 1 is 1.38 bits per heavy atom. The van der Waals surface area contributed by atoms with Gasteiger partial charge in [-0.3, -0.25) is 4.79 Å². The quantitative estimate of drug-likeness (QED) is 0.824. The van der Waals surface area contributed by atoms with Gasteiger partial charge in [-0.1, -0.05) is 0 Å². The summed E-state index contributed by atoms with van der Waals surface area (Å²) in [6.45, 7) is 1.45. The number of carbonyl (C=O) groups is 1. The van der Waals surface area contributed by atoms with E-state index in [1.807, 2.05) is 25.1 Å². The molecule has 6 heteroatoms. The molecule has 1 aromatic heterocycles. The lowest BCUT2D eigenvalue weighted by molar-refractivity contribution is -0.114. The summed E-state index contributed by atoms with van der Waals surface area (Å²) < 4.78 is 4.65. The van der Waals surface area contributed by atoms with E-state index in [9.17, 15) is 4.79 Å². The van der Waals surface area contributed by atoms with Gasteiger partial charge in [0.1, 0.15) is 5.52 Å². The number of hydrogen-bond acceptors (Lipinski definition) is 5. The molecule has 0 unspecified atom stereocenters. The van der Waals surface area contributed by atoms with E-state index in [4.69, 9.17) is 0 Å². The highest BCUT2D eigenvalue weighted by atomic mass is 16.6. The van der Waals surface area contributed by atoms with Gasteiger partial charge in [0.2, 0.25) is 5.91 Å². The van der Waals surface area contributed by atoms with Crippen LogP contribution in [0.15, 0.2) is 16.8 Å². The summed E-state index contributed by atoms with van der Waals surface area (Å²) >= 11 is 0. The lowest BCUT2D eigenvalue weighted by Crippen LogP contribution is -2.14. The summed E-state index contributed by atoms with van der Waals surface area (Å²) in [7, 11) is 3.78. The number of fused-ring (bicyclic) bond motifs is 1. The molecule has 1 heterocycles. The Kier molecular flexibility index (Phi) is 2.47. The van der Waals surface area contributed by atoms with Gasteiger partial charge in [-0.05, 0) is 22.4 Å². The van der Waals surface area contributed by atoms with Gasteiger partial charge in [0.25, 0.3) is 0 Å². The van der Waals surface area contributed by atoms with Crippen LogP contribution in [0.3, 0.4) is 0 Å². The van der Waals surface area contributed by atoms with Crippen molar-refractivity contribution in [3.63, 3.8) is 0 Å². The third-order valence-electron chi connectivity index (χ3n) is 2.19. The second-order valence-electron chi connectivity index (χ2n) is 3.67. The van der Waals surface area contributed by atoms with Crippen molar-refractivity contribution in [2.24, 2.45) is 0 Å². The van der Waals surface area contributed by atoms with Crippen LogP contribution in [-0.4, -0.2) is 30.3 Å². The maximum Gasteiger partial charge on any atom is 0.221 e. The summed E-state index contributed by atoms with van der Waals surface area (Å²) in [6, 6.07) is 3.66. The Morgan fingerprint density at radius 3 is 2.75 bits per heavy atom. The van der Waals surface area contributed by atoms with Crippen molar-refractivity contribution in [3.05, 3.63) is 12.1 Å². The fourth-order valence-corrected chi connectivity index (χ4v) is 1.51. The van der Waals surface area contributed by atoms with E-state index in [0.29, 0.717) is 16.7 Å². The van der Waals surface area contributed by atoms with Crippen molar-refractivity contribution in [2.45, 2.75) is 6.92 Å². The highest BCUT2D eigenvalue weighted by Gasteiger charge is 2.14. The van der Waals surface area contributed by atoms with E-state index < -0.39 is 0 Å². The second kappa shape index (κ2) is 3.80. The van der Waals surface area contributed by atoms with Crippen LogP contribution in [0.5, 0.6) is 0 Å². The molecule has 0 aliphatic carbocycles. The average molecular weight is 220 g/mol. The highest BCUT2D eigenvalue weighted by Crippen LogP contribution is 2.31. The number of nitrogens with one attached hydrogen (secondary N) is 1. The van der Waals surface area contributed by atoms with Gasteiger partial charge in [-0.15, -0.1) is 0 Å². The van der Waals surface area contributed by atoms with E-state index in [0.717, 1.165) is 5.69 Å². The first-order valence-electron chi connectivity index (χ1n) is 4.80. The van der Waals surface area contributed by atoms with Crippen LogP contribution in [0.1, 0.15) is 6.92 Å². The number of benzene rings is 1. The predicted molar refractivity (Wildman–Crippen MR) is 60.4 cm³/mol. The van der Waals surface area contributed by atoms with Crippen molar-refractivity contribution in [3.8, 4) is 0 Å². The van der Waals surface area contributed by atoms with Crippen molar-refractivity contribution in [1.82, 2.24) is 10.3 Å². The summed E-state index contributed by atoms with van der Waals surface area (Å²) in [5.41, 5.74) is 2.66. The average Bonchev–Trinajstić information content (AvgIpc) is 2.64. The molecule has 0 radical (unpaired) electrons. The molecule has 0 atom stereocenters. The SMILES string of the molecule is CC(=O)Nc1c(N(C)C)ccc2nonc12. The van der Waals surface area contributed by atoms with E-state index >= 15 is 0 Å². The van der Waals surface area contributed by atoms with E-state index in [1.165, 1.54) is 6.92 Å². The molecule has 0 saturated carbocycles. The molecule has 0 spiro atoms. The third kappa shape index (κ3) is 1.69. The van der Waals surface area contributed by atoms with Gasteiger partial charge in [0.05, 0.1) is 11.4 Å². The predicted octanol–water partition coefficient (Wildman–Crippen LogP) is 1.25. The summed E-state index contributed by atoms with van der Waals surface area (Å²) in [5, 5.41) is 10.3. The molecule has 2 aromatic rings. The first kappa shape index (κ1) is 10.4. The van der Waals surface area contributed by atoms with Crippen LogP contribution in [0.25, 0.3) is 11.0 Å². The van der Waals surface area contributed by atoms with Crippen molar-refractivity contribution in [2.75, 3.05) is 24.3 Å². The minimum Gasteiger partial charge on any atom is -0.376 e. The molecule has 2 rings (SSSR count). The van der Waals surface area contributed by atoms with Gasteiger partial charge in [0, 0.05) is 21.0 Å². The molecule has 1 N–H and O–H groups in total. The first-order chi connectivity index (χ1) is 7.59. The number of nitrogens with zero attached hydrogens (tertiary/aromatic N) is 3. The smallest absolute Gasteiger partial charge is 0.221 e. The Morgan fingerprint density at radius 2 is 2.12 bits per heavy atom. The van der Waals surface area contributed by atoms with Crippen LogP contribution in [-0.2, 0) is 4.79 Å². The fourth-order valence-electron chi connectivity index (χ4n) is 1.51. The molecule has 16 heavy (non-hydrogen) atoms. The maximum absolute atomic E-state index is 11.1. The molecule has 6 nitrogen and oxygen atoms in total. The van der Waals surface area contributed by atoms with Gasteiger partial charge < -0.3 is 10.2 Å². The normalized spacial score (nSPS) is 10.4. The molecule has 0 aliphatic heterocycles. The van der Waals surface area contributed by atoms with Gasteiger partial charge in [0.15, 0.2) is 5.52 Å². The van der Waals surface area contributed by atoms with Crippen LogP contribution in [0.4, 0.5) is 11.4 Å². The number of carbonyl (C=O) groups excluding carboxylic acids is 1. The second-order valence-corrected chi connectivity index (χ2v) is 3.67. The molecule has 1 aromatic carbocycles. The standard InChI is InChI=1S/C10H12N4O2/c1-6(15)11-10-8(14(2)3)5-4-7-9(10)13-16-12-7/h4-5H,1-3H3,(H,11,15). The monoisotopic (exact) mass is 220 g/mol. The van der Waals surface area contributed by atoms with Crippen LogP contribution in [0, 0.1) is 0 Å². The maximum atomic E-state index is 11.1. The zero-order chi connectivity index (χ0) is 11.7. The molecular formula is C10H12N4O2. The fraction of sp³-hybridized carbons (Fsp3) is 0.300. The summed E-state index contributed by atoms with van der Waals surface area (Å²) in [5.74, 6) is -0.154. The van der Waals surface area contributed by atoms with Crippen molar-refractivity contribution < 1.29 is 9.42 Å². The van der Waals surface area contributed by atoms with Crippen molar-refractivity contribution in [1.29, 1.82) is 0 Å². The first-order valence-corrected chi connectivity index (χ1v) is 4.80. The zero-order valence-electron chi connectivity index (χ0n) is 9.31. The topological polar surface area (TPSA) is 71.3 Å². The van der Waals surface area contributed by atoms with Gasteiger partial charge in [-0.25, -0.2) is 4.63 Å². The molecular weight excluding hydrogens is 208 g/mol. The lowest BCUT2D eigenvalue weighted by atomic mass is 10.2. The number of rotatable bonds is 2. The van der Waals surface area contributed by atoms with E-state index in [-0.39, 0.29) is 5.91 Å². The Hall–Kier alpha value is -2.11. The lowest BCUT2D eigenvalue weighted by Gasteiger charge is -2.17. The molecule has 0 aliphatic rings. The van der Waals surface area contributed by atoms with Gasteiger partial charge in [-0.2, -0.15) is 0 Å². The van der Waals surface area contributed by atoms with Gasteiger partial charge >= 0.3 is 0 Å². The van der Waals surface area contributed by atoms with Crippen LogP contribution >= 0.6 is 0 Å². The Balaban J connectivity index is 2.65. The minimum absolute atomic E-state index is 0.154. The summed E-state index contributed by atoms with van der Waals surface area (Å²) in [4.78, 5) is 13.0. The number of aromatic nitrogens is 2. The van der Waals surface area contributed by atoms with Crippen LogP contribution in [0.2, 0.25) is 0 Å².